The smallest absolute Gasteiger partial charge is 0.870 e. The average Bonchev–Trinajstić information content (AvgIpc) is 3.68. The summed E-state index contributed by atoms with van der Waals surface area (Å²) in [4.78, 5) is 8.70. The molecule has 15 heteroatoms. The largest absolute Gasteiger partial charge is 1.00 e. The first-order valence-corrected chi connectivity index (χ1v) is 21.9. The molecular weight excluding hydrogens is 1040 g/mol. The maximum atomic E-state index is 6.46. The second-order valence-electron chi connectivity index (χ2n) is 9.43. The van der Waals surface area contributed by atoms with Crippen LogP contribution in [0, 0.1) is 0 Å². The molecule has 2 aliphatic rings. The summed E-state index contributed by atoms with van der Waals surface area (Å²) in [5.41, 5.74) is 7.87. The molecule has 4 aromatic carbocycles. The van der Waals surface area contributed by atoms with Gasteiger partial charge < -0.3 is 24.4 Å². The molecule has 0 radical (unpaired) electrons. The van der Waals surface area contributed by atoms with Crippen LogP contribution in [-0.4, -0.2) is 43.8 Å². The van der Waals surface area contributed by atoms with Gasteiger partial charge in [0.2, 0.25) is 0 Å². The van der Waals surface area contributed by atoms with Crippen LogP contribution in [0.1, 0.15) is 22.3 Å². The summed E-state index contributed by atoms with van der Waals surface area (Å²) in [5.74, 6) is 2.13. The summed E-state index contributed by atoms with van der Waals surface area (Å²) in [6, 6.07) is 15.5. The van der Waals surface area contributed by atoms with Crippen LogP contribution in [0.5, 0.6) is 23.0 Å². The van der Waals surface area contributed by atoms with Crippen molar-refractivity contribution in [3.05, 3.63) is 90.9 Å². The van der Waals surface area contributed by atoms with Gasteiger partial charge in [0.15, 0.2) is 0 Å². The van der Waals surface area contributed by atoms with E-state index in [4.69, 9.17) is 65.4 Å². The van der Waals surface area contributed by atoms with Crippen molar-refractivity contribution in [2.75, 3.05) is 28.4 Å². The first-order chi connectivity index (χ1) is 21.7. The van der Waals surface area contributed by atoms with Gasteiger partial charge in [-0.1, -0.05) is 70.7 Å². The number of methoxy groups -OCH3 is 4. The molecule has 0 aliphatic carbocycles. The third-order valence-corrected chi connectivity index (χ3v) is 9.50. The Hall–Kier alpha value is -0.270. The second-order valence-corrected chi connectivity index (χ2v) is 12.0. The van der Waals surface area contributed by atoms with Crippen LogP contribution in [0.3, 0.4) is 0 Å². The molecule has 0 saturated carbocycles. The van der Waals surface area contributed by atoms with Gasteiger partial charge in [-0.2, -0.15) is 0 Å². The van der Waals surface area contributed by atoms with Crippen LogP contribution >= 0.6 is 106 Å². The summed E-state index contributed by atoms with van der Waals surface area (Å²) in [6.45, 7) is 1.36. The summed E-state index contributed by atoms with van der Waals surface area (Å²) in [5, 5.41) is 1.90. The van der Waals surface area contributed by atoms with Crippen molar-refractivity contribution in [2.24, 2.45) is 9.98 Å². The van der Waals surface area contributed by atoms with E-state index in [2.05, 4.69) is 75.9 Å². The Labute approximate surface area is 353 Å². The summed E-state index contributed by atoms with van der Waals surface area (Å²) in [7, 11) is 6.26. The van der Waals surface area contributed by atoms with Crippen molar-refractivity contribution in [3.8, 4) is 45.3 Å². The molecule has 0 saturated heterocycles. The van der Waals surface area contributed by atoms with Crippen LogP contribution < -0.4 is 48.5 Å². The fraction of sp³-hybridized carbons (Fsp3) is 0.188. The number of nitrogens with zero attached hydrogens (tertiary/aromatic N) is 2. The molecule has 4 aromatic rings. The van der Waals surface area contributed by atoms with Crippen LogP contribution in [0.4, 0.5) is 0 Å². The molecule has 0 unspecified atom stereocenters. The van der Waals surface area contributed by atoms with E-state index in [0.29, 0.717) is 67.3 Å². The Kier molecular flexibility index (Phi) is 18.2. The topological polar surface area (TPSA) is 91.6 Å². The molecular formula is C32H26Cl4I3N2NaO5. The Bertz CT molecular complexity index is 1760. The predicted octanol–water partition coefficient (Wildman–Crippen LogP) is 8.58. The van der Waals surface area contributed by atoms with E-state index < -0.39 is 0 Å². The maximum Gasteiger partial charge on any atom is 1.00 e. The van der Waals surface area contributed by atoms with E-state index >= 15 is 0 Å². The van der Waals surface area contributed by atoms with Crippen molar-refractivity contribution < 1.29 is 54.0 Å². The normalized spacial score (nSPS) is 11.7. The van der Waals surface area contributed by atoms with Crippen molar-refractivity contribution in [3.63, 3.8) is 0 Å². The van der Waals surface area contributed by atoms with Crippen LogP contribution in [0.2, 0.25) is 20.1 Å². The minimum Gasteiger partial charge on any atom is -0.870 e. The zero-order valence-corrected chi connectivity index (χ0v) is 37.2. The van der Waals surface area contributed by atoms with E-state index in [1.807, 2.05) is 36.5 Å². The molecule has 0 amide bonds. The predicted molar refractivity (Wildman–Crippen MR) is 216 cm³/mol. The fourth-order valence-electron chi connectivity index (χ4n) is 4.87. The van der Waals surface area contributed by atoms with Crippen molar-refractivity contribution in [1.82, 2.24) is 0 Å². The molecule has 244 valence electrons. The minimum atomic E-state index is 0. The van der Waals surface area contributed by atoms with E-state index in [1.165, 1.54) is 0 Å². The molecule has 0 bridgehead atoms. The molecule has 1 N–H and O–H groups in total. The fourth-order valence-corrected chi connectivity index (χ4v) is 7.00. The molecule has 7 nitrogen and oxygen atoms in total. The van der Waals surface area contributed by atoms with Gasteiger partial charge in [0.1, 0.15) is 26.7 Å². The van der Waals surface area contributed by atoms with Crippen molar-refractivity contribution >= 4 is 116 Å². The van der Waals surface area contributed by atoms with Gasteiger partial charge in [-0.05, 0) is 62.5 Å². The van der Waals surface area contributed by atoms with Crippen molar-refractivity contribution in [1.29, 1.82) is 0 Å². The van der Waals surface area contributed by atoms with Gasteiger partial charge in [-0.25, -0.2) is 0 Å². The Morgan fingerprint density at radius 1 is 0.617 bits per heavy atom. The van der Waals surface area contributed by atoms with Gasteiger partial charge >= 0.3 is 29.6 Å². The van der Waals surface area contributed by atoms with E-state index in [-0.39, 0.29) is 35.0 Å². The zero-order chi connectivity index (χ0) is 32.8. The summed E-state index contributed by atoms with van der Waals surface area (Å²) >= 11 is 32.3. The monoisotopic (exact) mass is 1060 g/mol. The average molecular weight is 1060 g/mol. The molecule has 47 heavy (non-hydrogen) atoms. The third kappa shape index (κ3) is 9.35. The van der Waals surface area contributed by atoms with E-state index in [0.717, 1.165) is 37.1 Å². The minimum absolute atomic E-state index is 0. The van der Waals surface area contributed by atoms with Gasteiger partial charge in [-0.3, -0.25) is 9.98 Å². The first-order valence-electron chi connectivity index (χ1n) is 13.0. The SMILES string of the molecule is COc1cc(OC)c(Cl)c(-c2ccc3c(c2)CN=C3)c1Cl.COc1cc(OC)c(Cl)c(-c2ccc3c(c2)CN=C3I)c1Cl.II.[Na+].[OH-]. The van der Waals surface area contributed by atoms with Crippen LogP contribution in [-0.2, 0) is 13.1 Å². The quantitative estimate of drug-likeness (QED) is 0.143. The number of ether oxygens (including phenoxy) is 4. The van der Waals surface area contributed by atoms with Crippen LogP contribution in [0.15, 0.2) is 58.5 Å². The summed E-state index contributed by atoms with van der Waals surface area (Å²) < 4.78 is 22.3. The van der Waals surface area contributed by atoms with Gasteiger partial charge in [-0.15, -0.1) is 0 Å². The number of hydrogen-bond acceptors (Lipinski definition) is 7. The molecule has 2 heterocycles. The number of benzene rings is 4. The Balaban J connectivity index is 0.000000299. The van der Waals surface area contributed by atoms with E-state index in [1.54, 1.807) is 40.6 Å². The van der Waals surface area contributed by atoms with Gasteiger partial charge in [0.05, 0.1) is 61.6 Å². The molecule has 0 aromatic heterocycles. The first kappa shape index (κ1) is 42.9. The molecule has 0 spiro atoms. The number of aliphatic imine (C=N–C) groups is 2. The Morgan fingerprint density at radius 2 is 1.04 bits per heavy atom. The van der Waals surface area contributed by atoms with Gasteiger partial charge in [0, 0.05) is 72.3 Å². The Morgan fingerprint density at radius 3 is 1.49 bits per heavy atom. The molecule has 6 rings (SSSR count). The number of halogens is 7. The van der Waals surface area contributed by atoms with Crippen LogP contribution in [0.25, 0.3) is 22.3 Å². The third-order valence-electron chi connectivity index (χ3n) is 7.08. The molecule has 0 fully saturated rings. The zero-order valence-electron chi connectivity index (χ0n) is 25.7. The summed E-state index contributed by atoms with van der Waals surface area (Å²) in [6.07, 6.45) is 1.87. The van der Waals surface area contributed by atoms with Crippen molar-refractivity contribution in [2.45, 2.75) is 13.1 Å². The number of fused-ring (bicyclic) bond motifs is 2. The van der Waals surface area contributed by atoms with E-state index in [9.17, 15) is 0 Å². The van der Waals surface area contributed by atoms with Gasteiger partial charge in [0.25, 0.3) is 0 Å². The molecule has 2 aliphatic heterocycles. The standard InChI is InChI=1S/C16H12Cl2INO2.C16H13Cl2NO2.I2.Na.H2O/c1-21-11-6-12(22-2)15(18)13(14(11)17)8-3-4-10-9(5-8)7-20-16(10)19;1-20-12-6-13(21-2)16(18)14(15(12)17)9-3-4-10-7-19-8-11(10)5-9;1-2;;/h3-6H,7H2,1-2H3;3-7H,8H2,1-2H3;;;1H2/q;;;+1;/p-1. The molecule has 0 atom stereocenters. The number of hydrogen-bond donors (Lipinski definition) is 0. The number of rotatable bonds is 6. The second kappa shape index (κ2) is 19.9. The maximum absolute atomic E-state index is 6.46.